The Morgan fingerprint density at radius 3 is 2.53 bits per heavy atom. The number of nitro groups is 1. The average Bonchev–Trinajstić information content (AvgIpc) is 3.15. The van der Waals surface area contributed by atoms with E-state index >= 15 is 0 Å². The molecule has 1 aliphatic rings. The molecule has 1 saturated heterocycles. The number of carbonyl (C=O) groups excluding carboxylic acids is 3. The molecule has 1 N–H and O–H groups in total. The van der Waals surface area contributed by atoms with Crippen LogP contribution in [0.2, 0.25) is 0 Å². The summed E-state index contributed by atoms with van der Waals surface area (Å²) in [7, 11) is 1.39. The summed E-state index contributed by atoms with van der Waals surface area (Å²) in [6, 6.07) is 18.9. The summed E-state index contributed by atoms with van der Waals surface area (Å²) in [5, 5.41) is 13.8. The summed E-state index contributed by atoms with van der Waals surface area (Å²) in [6.07, 6.45) is 1.24. The predicted molar refractivity (Wildman–Crippen MR) is 143 cm³/mol. The van der Waals surface area contributed by atoms with Crippen molar-refractivity contribution in [2.75, 3.05) is 19.0 Å². The van der Waals surface area contributed by atoms with E-state index in [2.05, 4.69) is 5.32 Å². The number of nitrogens with zero attached hydrogens (tertiary/aromatic N) is 2. The molecule has 1 heterocycles. The summed E-state index contributed by atoms with van der Waals surface area (Å²) in [6.45, 7) is 1.54. The highest BCUT2D eigenvalue weighted by Gasteiger charge is 2.37. The van der Waals surface area contributed by atoms with Crippen molar-refractivity contribution < 1.29 is 28.8 Å². The minimum Gasteiger partial charge on any atom is -0.493 e. The van der Waals surface area contributed by atoms with E-state index in [-0.39, 0.29) is 34.3 Å². The molecule has 4 rings (SSSR count). The lowest BCUT2D eigenvalue weighted by Crippen LogP contribution is -2.36. The lowest BCUT2D eigenvalue weighted by atomic mass is 10.1. The van der Waals surface area contributed by atoms with Crippen molar-refractivity contribution in [2.24, 2.45) is 0 Å². The van der Waals surface area contributed by atoms with E-state index in [4.69, 9.17) is 9.47 Å². The monoisotopic (exact) mass is 533 g/mol. The lowest BCUT2D eigenvalue weighted by Gasteiger charge is -2.13. The lowest BCUT2D eigenvalue weighted by molar-refractivity contribution is -0.385. The molecule has 1 fully saturated rings. The van der Waals surface area contributed by atoms with Crippen LogP contribution >= 0.6 is 11.8 Å². The van der Waals surface area contributed by atoms with Gasteiger partial charge in [-0.15, -0.1) is 0 Å². The summed E-state index contributed by atoms with van der Waals surface area (Å²) in [4.78, 5) is 49.9. The van der Waals surface area contributed by atoms with Crippen molar-refractivity contribution in [3.63, 3.8) is 0 Å². The number of methoxy groups -OCH3 is 1. The standard InChI is InChI=1S/C27H23N3O7S/c1-17-7-6-10-20(11-17)28-25(31)15-29-26(32)24(38-27(29)33)13-19-12-22(36-2)23(14-21(19)30(34)35)37-16-18-8-4-3-5-9-18/h3-14H,15-16H2,1-2H3,(H,28,31)/b24-13+. The fraction of sp³-hybridized carbons (Fsp3) is 0.148. The van der Waals surface area contributed by atoms with Gasteiger partial charge >= 0.3 is 0 Å². The van der Waals surface area contributed by atoms with Crippen LogP contribution in [-0.4, -0.2) is 40.5 Å². The summed E-state index contributed by atoms with van der Waals surface area (Å²) < 4.78 is 11.1. The number of nitro benzene ring substituents is 1. The highest BCUT2D eigenvalue weighted by molar-refractivity contribution is 8.18. The second kappa shape index (κ2) is 11.6. The van der Waals surface area contributed by atoms with Crippen molar-refractivity contribution >= 4 is 46.3 Å². The maximum Gasteiger partial charge on any atom is 0.294 e. The smallest absolute Gasteiger partial charge is 0.294 e. The second-order valence-corrected chi connectivity index (χ2v) is 9.27. The third kappa shape index (κ3) is 6.19. The fourth-order valence-corrected chi connectivity index (χ4v) is 4.52. The van der Waals surface area contributed by atoms with Gasteiger partial charge < -0.3 is 14.8 Å². The number of nitrogens with one attached hydrogen (secondary N) is 1. The summed E-state index contributed by atoms with van der Waals surface area (Å²) in [5.41, 5.74) is 2.05. The number of amides is 3. The number of carbonyl (C=O) groups is 3. The Balaban J connectivity index is 1.54. The molecule has 0 unspecified atom stereocenters. The second-order valence-electron chi connectivity index (χ2n) is 8.28. The number of aryl methyl sites for hydroxylation is 1. The van der Waals surface area contributed by atoms with Crippen LogP contribution in [-0.2, 0) is 16.2 Å². The third-order valence-corrected chi connectivity index (χ3v) is 6.42. The minimum atomic E-state index is -0.725. The van der Waals surface area contributed by atoms with Gasteiger partial charge in [-0.2, -0.15) is 0 Å². The van der Waals surface area contributed by atoms with Crippen LogP contribution in [0.5, 0.6) is 11.5 Å². The van der Waals surface area contributed by atoms with Gasteiger partial charge in [0.05, 0.1) is 28.6 Å². The predicted octanol–water partition coefficient (Wildman–Crippen LogP) is 5.17. The quantitative estimate of drug-likeness (QED) is 0.227. The van der Waals surface area contributed by atoms with Gasteiger partial charge in [0, 0.05) is 5.69 Å². The molecule has 194 valence electrons. The number of hydrogen-bond donors (Lipinski definition) is 1. The normalized spacial score (nSPS) is 14.1. The number of rotatable bonds is 9. The van der Waals surface area contributed by atoms with Crippen molar-refractivity contribution in [2.45, 2.75) is 13.5 Å². The zero-order valence-corrected chi connectivity index (χ0v) is 21.3. The van der Waals surface area contributed by atoms with Crippen LogP contribution in [0, 0.1) is 17.0 Å². The zero-order valence-electron chi connectivity index (χ0n) is 20.5. The Bertz CT molecular complexity index is 1440. The van der Waals surface area contributed by atoms with Gasteiger partial charge in [0.25, 0.3) is 16.8 Å². The Hall–Kier alpha value is -4.64. The first-order valence-electron chi connectivity index (χ1n) is 11.4. The van der Waals surface area contributed by atoms with E-state index in [0.29, 0.717) is 17.4 Å². The van der Waals surface area contributed by atoms with E-state index in [0.717, 1.165) is 16.0 Å². The van der Waals surface area contributed by atoms with Gasteiger partial charge in [0.1, 0.15) is 13.2 Å². The van der Waals surface area contributed by atoms with Crippen LogP contribution in [0.1, 0.15) is 16.7 Å². The molecule has 11 heteroatoms. The Labute approximate surface area is 222 Å². The van der Waals surface area contributed by atoms with E-state index in [1.54, 1.807) is 18.2 Å². The van der Waals surface area contributed by atoms with E-state index < -0.39 is 28.5 Å². The van der Waals surface area contributed by atoms with Crippen LogP contribution in [0.3, 0.4) is 0 Å². The molecule has 10 nitrogen and oxygen atoms in total. The van der Waals surface area contributed by atoms with Crippen LogP contribution in [0.15, 0.2) is 71.6 Å². The number of benzene rings is 3. The first-order valence-corrected chi connectivity index (χ1v) is 12.2. The molecule has 3 aromatic carbocycles. The number of imide groups is 1. The summed E-state index contributed by atoms with van der Waals surface area (Å²) >= 11 is 0.597. The largest absolute Gasteiger partial charge is 0.493 e. The molecule has 0 radical (unpaired) electrons. The van der Waals surface area contributed by atoms with E-state index in [1.807, 2.05) is 43.3 Å². The van der Waals surface area contributed by atoms with Gasteiger partial charge in [-0.3, -0.25) is 29.4 Å². The number of anilines is 1. The van der Waals surface area contributed by atoms with Gasteiger partial charge in [-0.1, -0.05) is 42.5 Å². The molecular weight excluding hydrogens is 510 g/mol. The molecule has 0 aromatic heterocycles. The molecule has 0 atom stereocenters. The SMILES string of the molecule is COc1cc(/C=C2/SC(=O)N(CC(=O)Nc3cccc(C)c3)C2=O)c([N+](=O)[O-])cc1OCc1ccccc1. The third-order valence-electron chi connectivity index (χ3n) is 5.51. The topological polar surface area (TPSA) is 128 Å². The Morgan fingerprint density at radius 1 is 1.08 bits per heavy atom. The van der Waals surface area contributed by atoms with Crippen molar-refractivity contribution in [3.8, 4) is 11.5 Å². The molecule has 0 saturated carbocycles. The molecular formula is C27H23N3O7S. The highest BCUT2D eigenvalue weighted by Crippen LogP contribution is 2.39. The number of ether oxygens (including phenoxy) is 2. The fourth-order valence-electron chi connectivity index (χ4n) is 3.69. The van der Waals surface area contributed by atoms with Gasteiger partial charge in [-0.25, -0.2) is 0 Å². The zero-order chi connectivity index (χ0) is 27.2. The van der Waals surface area contributed by atoms with Gasteiger partial charge in [0.2, 0.25) is 5.91 Å². The van der Waals surface area contributed by atoms with Gasteiger partial charge in [0.15, 0.2) is 11.5 Å². The molecule has 0 bridgehead atoms. The maximum atomic E-state index is 12.9. The van der Waals surface area contributed by atoms with Crippen molar-refractivity contribution in [3.05, 3.63) is 98.4 Å². The van der Waals surface area contributed by atoms with Crippen molar-refractivity contribution in [1.29, 1.82) is 0 Å². The average molecular weight is 534 g/mol. The summed E-state index contributed by atoms with van der Waals surface area (Å²) in [5.74, 6) is -0.903. The number of thioether (sulfide) groups is 1. The molecule has 0 spiro atoms. The van der Waals surface area contributed by atoms with Crippen molar-refractivity contribution in [1.82, 2.24) is 4.90 Å². The molecule has 0 aliphatic carbocycles. The molecule has 3 amide bonds. The van der Waals surface area contributed by atoms with Crippen LogP contribution in [0.25, 0.3) is 6.08 Å². The molecule has 38 heavy (non-hydrogen) atoms. The highest BCUT2D eigenvalue weighted by atomic mass is 32.2. The van der Waals surface area contributed by atoms with Crippen LogP contribution < -0.4 is 14.8 Å². The van der Waals surface area contributed by atoms with E-state index in [9.17, 15) is 24.5 Å². The van der Waals surface area contributed by atoms with Crippen LogP contribution in [0.4, 0.5) is 16.2 Å². The Morgan fingerprint density at radius 2 is 1.84 bits per heavy atom. The van der Waals surface area contributed by atoms with E-state index in [1.165, 1.54) is 25.3 Å². The first-order chi connectivity index (χ1) is 18.2. The molecule has 1 aliphatic heterocycles. The van der Waals surface area contributed by atoms with Gasteiger partial charge in [-0.05, 0) is 54.1 Å². The maximum absolute atomic E-state index is 12.9. The minimum absolute atomic E-state index is 0.0497. The molecule has 3 aromatic rings. The first kappa shape index (κ1) is 26.4. The Kier molecular flexibility index (Phi) is 8.07. The number of hydrogen-bond acceptors (Lipinski definition) is 8.